The van der Waals surface area contributed by atoms with Gasteiger partial charge < -0.3 is 10.1 Å². The Morgan fingerprint density at radius 3 is 2.38 bits per heavy atom. The molecule has 4 rings (SSSR count). The lowest BCUT2D eigenvalue weighted by atomic mass is 9.99. The van der Waals surface area contributed by atoms with Crippen LogP contribution >= 0.6 is 0 Å². The standard InChI is InChI=1S/C26H25N3O3/c1-17-7-9-19(10-8-17)16-29-24(20-11-13-22(32-3)14-12-20)23(26(31)28-29)27-25(30)21-6-4-5-18(2)15-21/h4-16,23-24H,1-3H3,(H-,27,28,30,31)/p+1/b29-16-/t23-,24+/m1/s1. The number of rotatable bonds is 5. The molecule has 6 heteroatoms. The van der Waals surface area contributed by atoms with E-state index in [0.29, 0.717) is 5.56 Å². The minimum absolute atomic E-state index is 0.268. The Morgan fingerprint density at radius 1 is 1.00 bits per heavy atom. The number of hydrogen-bond acceptors (Lipinski definition) is 3. The highest BCUT2D eigenvalue weighted by Gasteiger charge is 2.47. The molecule has 0 saturated carbocycles. The molecule has 0 spiro atoms. The lowest BCUT2D eigenvalue weighted by Gasteiger charge is -2.15. The number of aryl methyl sites for hydroxylation is 2. The molecule has 6 nitrogen and oxygen atoms in total. The summed E-state index contributed by atoms with van der Waals surface area (Å²) in [5, 5.41) is 2.93. The van der Waals surface area contributed by atoms with Crippen LogP contribution in [0.4, 0.5) is 0 Å². The third-order valence-electron chi connectivity index (χ3n) is 5.53. The number of nitrogens with one attached hydrogen (secondary N) is 2. The van der Waals surface area contributed by atoms with Crippen molar-refractivity contribution in [2.24, 2.45) is 0 Å². The number of hydrogen-bond donors (Lipinski definition) is 2. The normalized spacial score (nSPS) is 19.0. The molecule has 1 saturated heterocycles. The van der Waals surface area contributed by atoms with E-state index in [-0.39, 0.29) is 11.8 Å². The first-order valence-corrected chi connectivity index (χ1v) is 10.5. The summed E-state index contributed by atoms with van der Waals surface area (Å²) >= 11 is 0. The maximum Gasteiger partial charge on any atom is 0.304 e. The molecule has 162 valence electrons. The zero-order chi connectivity index (χ0) is 22.7. The SMILES string of the molecule is COc1ccc([C@H]2[C@@H](NC(=O)c3cccc(C)c3)C(=O)N/[N+]2=C\c2ccc(C)cc2)cc1. The summed E-state index contributed by atoms with van der Waals surface area (Å²) in [5.74, 6) is 0.167. The van der Waals surface area contributed by atoms with Crippen LogP contribution in [0.2, 0.25) is 0 Å². The van der Waals surface area contributed by atoms with Crippen LogP contribution in [-0.2, 0) is 4.79 Å². The molecule has 0 radical (unpaired) electrons. The van der Waals surface area contributed by atoms with Crippen molar-refractivity contribution in [3.63, 3.8) is 0 Å². The predicted octanol–water partition coefficient (Wildman–Crippen LogP) is 3.33. The molecule has 2 atom stereocenters. The summed E-state index contributed by atoms with van der Waals surface area (Å²) in [6, 6.07) is 21.6. The van der Waals surface area contributed by atoms with Crippen molar-refractivity contribution >= 4 is 18.0 Å². The van der Waals surface area contributed by atoms with E-state index in [1.807, 2.05) is 80.7 Å². The molecule has 0 bridgehead atoms. The Labute approximate surface area is 187 Å². The van der Waals surface area contributed by atoms with Gasteiger partial charge in [0.05, 0.1) is 7.11 Å². The van der Waals surface area contributed by atoms with E-state index in [9.17, 15) is 9.59 Å². The fourth-order valence-corrected chi connectivity index (χ4v) is 3.81. The van der Waals surface area contributed by atoms with Crippen molar-refractivity contribution in [3.8, 4) is 5.75 Å². The van der Waals surface area contributed by atoms with E-state index in [1.165, 1.54) is 0 Å². The average molecular weight is 429 g/mol. The van der Waals surface area contributed by atoms with Crippen LogP contribution in [0, 0.1) is 13.8 Å². The number of hydrazine groups is 1. The summed E-state index contributed by atoms with van der Waals surface area (Å²) in [6.07, 6.45) is 1.88. The van der Waals surface area contributed by atoms with Crippen LogP contribution < -0.4 is 15.5 Å². The Balaban J connectivity index is 1.70. The number of amides is 2. The van der Waals surface area contributed by atoms with Gasteiger partial charge in [0.2, 0.25) is 12.3 Å². The minimum atomic E-state index is -0.766. The third kappa shape index (κ3) is 4.54. The van der Waals surface area contributed by atoms with Crippen LogP contribution in [0.25, 0.3) is 0 Å². The largest absolute Gasteiger partial charge is 0.497 e. The van der Waals surface area contributed by atoms with E-state index < -0.39 is 12.1 Å². The first-order valence-electron chi connectivity index (χ1n) is 10.5. The van der Waals surface area contributed by atoms with Gasteiger partial charge in [-0.2, -0.15) is 0 Å². The summed E-state index contributed by atoms with van der Waals surface area (Å²) in [7, 11) is 1.61. The van der Waals surface area contributed by atoms with E-state index in [1.54, 1.807) is 23.9 Å². The molecular weight excluding hydrogens is 402 g/mol. The molecule has 3 aromatic carbocycles. The average Bonchev–Trinajstić information content (AvgIpc) is 3.09. The van der Waals surface area contributed by atoms with Gasteiger partial charge >= 0.3 is 5.91 Å². The van der Waals surface area contributed by atoms with Crippen LogP contribution in [-0.4, -0.2) is 35.9 Å². The number of benzene rings is 3. The highest BCUT2D eigenvalue weighted by atomic mass is 16.5. The van der Waals surface area contributed by atoms with Gasteiger partial charge in [0.15, 0.2) is 6.04 Å². The van der Waals surface area contributed by atoms with Crippen LogP contribution in [0.3, 0.4) is 0 Å². The smallest absolute Gasteiger partial charge is 0.304 e. The second-order valence-corrected chi connectivity index (χ2v) is 7.96. The van der Waals surface area contributed by atoms with Crippen LogP contribution in [0.15, 0.2) is 72.8 Å². The summed E-state index contributed by atoms with van der Waals surface area (Å²) in [5.41, 5.74) is 7.38. The lowest BCUT2D eigenvalue weighted by Crippen LogP contribution is -2.42. The van der Waals surface area contributed by atoms with Gasteiger partial charge in [0, 0.05) is 16.7 Å². The zero-order valence-corrected chi connectivity index (χ0v) is 18.3. The molecule has 2 amide bonds. The summed E-state index contributed by atoms with van der Waals surface area (Å²) < 4.78 is 7.03. The fourth-order valence-electron chi connectivity index (χ4n) is 3.81. The molecule has 1 aliphatic rings. The highest BCUT2D eigenvalue weighted by molar-refractivity contribution is 5.98. The Morgan fingerprint density at radius 2 is 1.72 bits per heavy atom. The van der Waals surface area contributed by atoms with Gasteiger partial charge in [-0.15, -0.1) is 10.1 Å². The zero-order valence-electron chi connectivity index (χ0n) is 18.3. The second kappa shape index (κ2) is 9.06. The number of ether oxygens (including phenoxy) is 1. The Hall–Kier alpha value is -3.93. The van der Waals surface area contributed by atoms with Crippen molar-refractivity contribution < 1.29 is 19.0 Å². The first-order chi connectivity index (χ1) is 15.4. The van der Waals surface area contributed by atoms with Gasteiger partial charge in [-0.25, -0.2) is 0 Å². The number of carbonyl (C=O) groups is 2. The van der Waals surface area contributed by atoms with Crippen molar-refractivity contribution in [1.29, 1.82) is 0 Å². The molecule has 32 heavy (non-hydrogen) atoms. The van der Waals surface area contributed by atoms with E-state index in [2.05, 4.69) is 10.7 Å². The molecule has 1 fully saturated rings. The lowest BCUT2D eigenvalue weighted by molar-refractivity contribution is -0.596. The maximum absolute atomic E-state index is 13.0. The van der Waals surface area contributed by atoms with E-state index in [4.69, 9.17) is 4.74 Å². The van der Waals surface area contributed by atoms with E-state index in [0.717, 1.165) is 28.0 Å². The second-order valence-electron chi connectivity index (χ2n) is 7.96. The molecule has 0 aliphatic carbocycles. The summed E-state index contributed by atoms with van der Waals surface area (Å²) in [4.78, 5) is 25.9. The van der Waals surface area contributed by atoms with Gasteiger partial charge in [-0.05, 0) is 62.4 Å². The molecule has 1 aliphatic heterocycles. The maximum atomic E-state index is 13.0. The monoisotopic (exact) mass is 428 g/mol. The topological polar surface area (TPSA) is 70.4 Å². The van der Waals surface area contributed by atoms with Crippen LogP contribution in [0.5, 0.6) is 5.75 Å². The highest BCUT2D eigenvalue weighted by Crippen LogP contribution is 2.27. The van der Waals surface area contributed by atoms with Gasteiger partial charge in [-0.3, -0.25) is 9.59 Å². The Bertz CT molecular complexity index is 1170. The molecule has 1 heterocycles. The third-order valence-corrected chi connectivity index (χ3v) is 5.53. The van der Waals surface area contributed by atoms with Gasteiger partial charge in [0.1, 0.15) is 5.75 Å². The molecule has 3 aromatic rings. The molecule has 0 aromatic heterocycles. The quantitative estimate of drug-likeness (QED) is 0.613. The number of nitrogens with zero attached hydrogens (tertiary/aromatic N) is 1. The van der Waals surface area contributed by atoms with Crippen molar-refractivity contribution in [2.75, 3.05) is 7.11 Å². The minimum Gasteiger partial charge on any atom is -0.497 e. The predicted molar refractivity (Wildman–Crippen MR) is 123 cm³/mol. The molecular formula is C26H26N3O3+. The fraction of sp³-hybridized carbons (Fsp3) is 0.192. The van der Waals surface area contributed by atoms with Crippen molar-refractivity contribution in [3.05, 3.63) is 101 Å². The van der Waals surface area contributed by atoms with Crippen molar-refractivity contribution in [1.82, 2.24) is 10.7 Å². The van der Waals surface area contributed by atoms with Crippen molar-refractivity contribution in [2.45, 2.75) is 25.9 Å². The number of hydrazone groups is 1. The summed E-state index contributed by atoms with van der Waals surface area (Å²) in [6.45, 7) is 3.95. The van der Waals surface area contributed by atoms with Gasteiger partial charge in [-0.1, -0.05) is 35.4 Å². The number of carbonyl (C=O) groups excluding carboxylic acids is 2. The first kappa shape index (κ1) is 21.3. The molecule has 2 N–H and O–H groups in total. The van der Waals surface area contributed by atoms with Crippen LogP contribution in [0.1, 0.15) is 38.7 Å². The van der Waals surface area contributed by atoms with Gasteiger partial charge in [0.25, 0.3) is 5.91 Å². The molecule has 0 unspecified atom stereocenters. The Kier molecular flexibility index (Phi) is 6.03. The van der Waals surface area contributed by atoms with E-state index >= 15 is 0 Å². The number of methoxy groups -OCH3 is 1.